The van der Waals surface area contributed by atoms with Crippen molar-refractivity contribution in [2.45, 2.75) is 32.5 Å². The largest absolute Gasteiger partial charge is 0.497 e. The van der Waals surface area contributed by atoms with Crippen LogP contribution in [-0.2, 0) is 11.3 Å². The summed E-state index contributed by atoms with van der Waals surface area (Å²) in [6.07, 6.45) is 0.997. The van der Waals surface area contributed by atoms with Crippen LogP contribution in [0.15, 0.2) is 59.6 Å². The van der Waals surface area contributed by atoms with Crippen LogP contribution in [0.2, 0.25) is 0 Å². The quantitative estimate of drug-likeness (QED) is 0.290. The van der Waals surface area contributed by atoms with Gasteiger partial charge in [0.05, 0.1) is 19.8 Å². The van der Waals surface area contributed by atoms with E-state index in [9.17, 15) is 5.11 Å². The molecule has 0 fully saturated rings. The van der Waals surface area contributed by atoms with Gasteiger partial charge in [0.1, 0.15) is 5.75 Å². The third-order valence-electron chi connectivity index (χ3n) is 4.38. The first-order chi connectivity index (χ1) is 14.2. The van der Waals surface area contributed by atoms with Gasteiger partial charge >= 0.3 is 0 Å². The van der Waals surface area contributed by atoms with Crippen LogP contribution in [0, 0.1) is 0 Å². The number of guanidine groups is 1. The predicted octanol–water partition coefficient (Wildman–Crippen LogP) is 3.28. The zero-order valence-corrected chi connectivity index (χ0v) is 17.4. The lowest BCUT2D eigenvalue weighted by Gasteiger charge is -2.14. The monoisotopic (exact) mass is 399 g/mol. The van der Waals surface area contributed by atoms with E-state index < -0.39 is 6.10 Å². The van der Waals surface area contributed by atoms with E-state index >= 15 is 0 Å². The lowest BCUT2D eigenvalue weighted by atomic mass is 10.1. The molecule has 0 saturated carbocycles. The average molecular weight is 400 g/mol. The number of ether oxygens (including phenoxy) is 2. The molecule has 6 heteroatoms. The van der Waals surface area contributed by atoms with E-state index in [-0.39, 0.29) is 0 Å². The first kappa shape index (κ1) is 22.7. The van der Waals surface area contributed by atoms with E-state index in [1.807, 2.05) is 61.5 Å². The molecule has 0 aromatic heterocycles. The maximum Gasteiger partial charge on any atom is 0.191 e. The van der Waals surface area contributed by atoms with Crippen molar-refractivity contribution in [3.05, 3.63) is 65.7 Å². The number of hydrogen-bond donors (Lipinski definition) is 3. The van der Waals surface area contributed by atoms with Crippen LogP contribution in [0.5, 0.6) is 5.75 Å². The average Bonchev–Trinajstić information content (AvgIpc) is 2.77. The summed E-state index contributed by atoms with van der Waals surface area (Å²) in [6.45, 7) is 5.40. The van der Waals surface area contributed by atoms with Crippen LogP contribution in [0.3, 0.4) is 0 Å². The first-order valence-corrected chi connectivity index (χ1v) is 10.2. The number of nitrogens with zero attached hydrogens (tertiary/aromatic N) is 1. The molecule has 0 spiro atoms. The van der Waals surface area contributed by atoms with Crippen molar-refractivity contribution >= 4 is 5.96 Å². The summed E-state index contributed by atoms with van der Waals surface area (Å²) in [5, 5.41) is 16.7. The van der Waals surface area contributed by atoms with Crippen molar-refractivity contribution in [1.29, 1.82) is 0 Å². The minimum absolute atomic E-state index is 0.474. The summed E-state index contributed by atoms with van der Waals surface area (Å²) in [6, 6.07) is 17.6. The number of aliphatic hydroxyl groups is 1. The molecule has 2 aromatic carbocycles. The molecule has 0 saturated heterocycles. The Kier molecular flexibility index (Phi) is 10.6. The summed E-state index contributed by atoms with van der Waals surface area (Å²) in [5.74, 6) is 1.62. The molecule has 0 bridgehead atoms. The van der Waals surface area contributed by atoms with Gasteiger partial charge in [-0.15, -0.1) is 0 Å². The molecule has 3 N–H and O–H groups in total. The molecule has 158 valence electrons. The number of aliphatic imine (C=N–C) groups is 1. The van der Waals surface area contributed by atoms with Crippen molar-refractivity contribution < 1.29 is 14.6 Å². The fourth-order valence-electron chi connectivity index (χ4n) is 2.78. The van der Waals surface area contributed by atoms with Crippen molar-refractivity contribution in [2.75, 3.05) is 33.4 Å². The minimum atomic E-state index is -0.474. The third kappa shape index (κ3) is 8.98. The first-order valence-electron chi connectivity index (χ1n) is 10.2. The molecule has 0 radical (unpaired) electrons. The van der Waals surface area contributed by atoms with Gasteiger partial charge in [0.15, 0.2) is 5.96 Å². The molecule has 0 aliphatic heterocycles. The Morgan fingerprint density at radius 1 is 1.07 bits per heavy atom. The van der Waals surface area contributed by atoms with Crippen LogP contribution in [0.1, 0.15) is 37.0 Å². The van der Waals surface area contributed by atoms with Crippen LogP contribution in [-0.4, -0.2) is 44.4 Å². The molecule has 1 atom stereocenters. The topological polar surface area (TPSA) is 75.1 Å². The maximum absolute atomic E-state index is 10.2. The van der Waals surface area contributed by atoms with Gasteiger partial charge < -0.3 is 25.2 Å². The second kappa shape index (κ2) is 13.6. The summed E-state index contributed by atoms with van der Waals surface area (Å²) in [4.78, 5) is 4.57. The number of benzene rings is 2. The molecular formula is C23H33N3O3. The van der Waals surface area contributed by atoms with E-state index in [1.165, 1.54) is 0 Å². The number of nitrogens with one attached hydrogen (secondary N) is 2. The smallest absolute Gasteiger partial charge is 0.191 e. The molecule has 0 amide bonds. The lowest BCUT2D eigenvalue weighted by molar-refractivity contribution is 0.120. The van der Waals surface area contributed by atoms with E-state index in [0.29, 0.717) is 32.7 Å². The van der Waals surface area contributed by atoms with Crippen molar-refractivity contribution in [3.63, 3.8) is 0 Å². The molecule has 6 nitrogen and oxygen atoms in total. The Hall–Kier alpha value is -2.57. The van der Waals surface area contributed by atoms with E-state index in [0.717, 1.165) is 35.8 Å². The fraction of sp³-hybridized carbons (Fsp3) is 0.435. The molecular weight excluding hydrogens is 366 g/mol. The van der Waals surface area contributed by atoms with Gasteiger partial charge in [-0.05, 0) is 43.0 Å². The second-order valence-electron chi connectivity index (χ2n) is 6.66. The summed E-state index contributed by atoms with van der Waals surface area (Å²) in [5.41, 5.74) is 2.06. The summed E-state index contributed by atoms with van der Waals surface area (Å²) in [7, 11) is 1.66. The molecule has 0 heterocycles. The van der Waals surface area contributed by atoms with Crippen LogP contribution in [0.25, 0.3) is 0 Å². The van der Waals surface area contributed by atoms with Gasteiger partial charge in [-0.1, -0.05) is 42.5 Å². The third-order valence-corrected chi connectivity index (χ3v) is 4.38. The molecule has 2 aromatic rings. The van der Waals surface area contributed by atoms with E-state index in [4.69, 9.17) is 9.47 Å². The molecule has 0 aliphatic carbocycles. The van der Waals surface area contributed by atoms with Gasteiger partial charge in [0, 0.05) is 26.2 Å². The molecule has 29 heavy (non-hydrogen) atoms. The summed E-state index contributed by atoms with van der Waals surface area (Å²) >= 11 is 0. The molecule has 1 unspecified atom stereocenters. The number of methoxy groups -OCH3 is 1. The normalized spacial score (nSPS) is 12.4. The zero-order chi connectivity index (χ0) is 20.7. The summed E-state index contributed by atoms with van der Waals surface area (Å²) < 4.78 is 10.9. The molecule has 0 aliphatic rings. The number of hydrogen-bond acceptors (Lipinski definition) is 4. The van der Waals surface area contributed by atoms with Crippen molar-refractivity contribution in [1.82, 2.24) is 10.6 Å². The Balaban J connectivity index is 1.63. The van der Waals surface area contributed by atoms with E-state index in [2.05, 4.69) is 15.6 Å². The van der Waals surface area contributed by atoms with Crippen LogP contribution < -0.4 is 15.4 Å². The fourth-order valence-corrected chi connectivity index (χ4v) is 2.78. The molecule has 2 rings (SSSR count). The predicted molar refractivity (Wildman–Crippen MR) is 117 cm³/mol. The van der Waals surface area contributed by atoms with Gasteiger partial charge in [0.25, 0.3) is 0 Å². The van der Waals surface area contributed by atoms with Crippen LogP contribution >= 0.6 is 0 Å². The van der Waals surface area contributed by atoms with Gasteiger partial charge in [-0.25, -0.2) is 0 Å². The number of rotatable bonds is 12. The minimum Gasteiger partial charge on any atom is -0.497 e. The standard InChI is InChI=1S/C23H33N3O3/c1-3-24-23(26-16-14-22(27)20-8-5-4-6-9-20)25-15-7-17-29-18-19-10-12-21(28-2)13-11-19/h4-6,8-13,22,27H,3,7,14-18H2,1-2H3,(H2,24,25,26). The van der Waals surface area contributed by atoms with Crippen molar-refractivity contribution in [3.8, 4) is 5.75 Å². The van der Waals surface area contributed by atoms with Gasteiger partial charge in [-0.2, -0.15) is 0 Å². The van der Waals surface area contributed by atoms with Crippen LogP contribution in [0.4, 0.5) is 0 Å². The Morgan fingerprint density at radius 3 is 2.52 bits per heavy atom. The highest BCUT2D eigenvalue weighted by Crippen LogP contribution is 2.15. The van der Waals surface area contributed by atoms with Gasteiger partial charge in [0.2, 0.25) is 0 Å². The highest BCUT2D eigenvalue weighted by atomic mass is 16.5. The maximum atomic E-state index is 10.2. The van der Waals surface area contributed by atoms with Crippen molar-refractivity contribution in [2.24, 2.45) is 4.99 Å². The number of aliphatic hydroxyl groups excluding tert-OH is 1. The Bertz CT molecular complexity index is 705. The highest BCUT2D eigenvalue weighted by Gasteiger charge is 2.06. The van der Waals surface area contributed by atoms with E-state index in [1.54, 1.807) is 7.11 Å². The SMILES string of the molecule is CCNC(=NCCCOCc1ccc(OC)cc1)NCCC(O)c1ccccc1. The second-order valence-corrected chi connectivity index (χ2v) is 6.66. The lowest BCUT2D eigenvalue weighted by Crippen LogP contribution is -2.38. The Labute approximate surface area is 174 Å². The highest BCUT2D eigenvalue weighted by molar-refractivity contribution is 5.79. The zero-order valence-electron chi connectivity index (χ0n) is 17.4. The Morgan fingerprint density at radius 2 is 1.83 bits per heavy atom. The van der Waals surface area contributed by atoms with Gasteiger partial charge in [-0.3, -0.25) is 4.99 Å².